The van der Waals surface area contributed by atoms with Gasteiger partial charge in [-0.2, -0.15) is 13.2 Å². The summed E-state index contributed by atoms with van der Waals surface area (Å²) in [6.45, 7) is -0.0345. The molecular weight excluding hydrogens is 368 g/mol. The van der Waals surface area contributed by atoms with E-state index in [-0.39, 0.29) is 18.4 Å². The molecule has 8 heteroatoms. The highest BCUT2D eigenvalue weighted by Crippen LogP contribution is 2.37. The lowest BCUT2D eigenvalue weighted by atomic mass is 10.0. The van der Waals surface area contributed by atoms with E-state index >= 15 is 0 Å². The summed E-state index contributed by atoms with van der Waals surface area (Å²) in [7, 11) is 0. The van der Waals surface area contributed by atoms with Crippen molar-refractivity contribution >= 4 is 17.8 Å². The van der Waals surface area contributed by atoms with E-state index in [0.717, 1.165) is 17.7 Å². The Balaban J connectivity index is 1.62. The number of alkyl halides is 3. The second-order valence-electron chi connectivity index (χ2n) is 5.87. The van der Waals surface area contributed by atoms with Crippen molar-refractivity contribution in [3.8, 4) is 0 Å². The van der Waals surface area contributed by atoms with Crippen LogP contribution in [0.25, 0.3) is 0 Å². The minimum absolute atomic E-state index is 0.0345. The summed E-state index contributed by atoms with van der Waals surface area (Å²) in [5.74, 6) is 0.357. The van der Waals surface area contributed by atoms with Crippen molar-refractivity contribution in [3.63, 3.8) is 0 Å². The van der Waals surface area contributed by atoms with E-state index in [0.29, 0.717) is 22.6 Å². The molecular formula is C18H16F4N2OS. The lowest BCUT2D eigenvalue weighted by Gasteiger charge is -2.26. The van der Waals surface area contributed by atoms with E-state index < -0.39 is 17.8 Å². The van der Waals surface area contributed by atoms with E-state index in [2.05, 4.69) is 10.6 Å². The molecule has 3 rings (SSSR count). The Hall–Kier alpha value is -2.22. The summed E-state index contributed by atoms with van der Waals surface area (Å²) in [6.07, 6.45) is -3.77. The second kappa shape index (κ2) is 7.57. The van der Waals surface area contributed by atoms with Crippen LogP contribution in [0.2, 0.25) is 0 Å². The topological polar surface area (TPSA) is 41.1 Å². The average molecular weight is 384 g/mol. The maximum Gasteiger partial charge on any atom is 0.416 e. The van der Waals surface area contributed by atoms with Crippen molar-refractivity contribution in [1.82, 2.24) is 10.6 Å². The van der Waals surface area contributed by atoms with E-state index in [4.69, 9.17) is 0 Å². The van der Waals surface area contributed by atoms with Crippen LogP contribution in [-0.4, -0.2) is 11.8 Å². The molecule has 0 unspecified atom stereocenters. The monoisotopic (exact) mass is 384 g/mol. The van der Waals surface area contributed by atoms with Gasteiger partial charge in [0.1, 0.15) is 5.82 Å². The molecule has 2 aromatic carbocycles. The minimum Gasteiger partial charge on any atom is -0.334 e. The van der Waals surface area contributed by atoms with Crippen molar-refractivity contribution in [2.45, 2.75) is 30.1 Å². The van der Waals surface area contributed by atoms with Crippen LogP contribution in [0.5, 0.6) is 0 Å². The van der Waals surface area contributed by atoms with Gasteiger partial charge in [0.2, 0.25) is 0 Å². The minimum atomic E-state index is -4.42. The molecule has 3 nitrogen and oxygen atoms in total. The van der Waals surface area contributed by atoms with Gasteiger partial charge in [-0.3, -0.25) is 0 Å². The van der Waals surface area contributed by atoms with Crippen LogP contribution in [-0.2, 0) is 12.7 Å². The van der Waals surface area contributed by atoms with Crippen LogP contribution in [0, 0.1) is 5.82 Å². The Kier molecular flexibility index (Phi) is 5.41. The predicted molar refractivity (Wildman–Crippen MR) is 91.3 cm³/mol. The number of thioether (sulfide) groups is 1. The first-order valence-electron chi connectivity index (χ1n) is 7.96. The highest BCUT2D eigenvalue weighted by atomic mass is 32.2. The smallest absolute Gasteiger partial charge is 0.334 e. The lowest BCUT2D eigenvalue weighted by Crippen LogP contribution is -2.38. The third kappa shape index (κ3) is 4.30. The number of urea groups is 1. The van der Waals surface area contributed by atoms with Crippen LogP contribution in [0.3, 0.4) is 0 Å². The van der Waals surface area contributed by atoms with Crippen molar-refractivity contribution in [2.75, 3.05) is 5.75 Å². The molecule has 2 amide bonds. The Bertz CT molecular complexity index is 810. The molecule has 1 heterocycles. The highest BCUT2D eigenvalue weighted by Gasteiger charge is 2.30. The second-order valence-corrected chi connectivity index (χ2v) is 6.98. The third-order valence-electron chi connectivity index (χ3n) is 4.04. The van der Waals surface area contributed by atoms with Gasteiger partial charge in [0.25, 0.3) is 0 Å². The first kappa shape index (κ1) is 18.6. The number of rotatable bonds is 3. The Labute approximate surface area is 152 Å². The van der Waals surface area contributed by atoms with Crippen molar-refractivity contribution in [2.24, 2.45) is 0 Å². The first-order valence-corrected chi connectivity index (χ1v) is 8.95. The van der Waals surface area contributed by atoms with E-state index in [9.17, 15) is 22.4 Å². The predicted octanol–water partition coefficient (Wildman–Crippen LogP) is 4.88. The highest BCUT2D eigenvalue weighted by molar-refractivity contribution is 7.99. The van der Waals surface area contributed by atoms with Gasteiger partial charge in [0, 0.05) is 17.2 Å². The molecule has 0 bridgehead atoms. The number of carbonyl (C=O) groups is 1. The van der Waals surface area contributed by atoms with Gasteiger partial charge in [0.05, 0.1) is 11.6 Å². The van der Waals surface area contributed by atoms with Crippen molar-refractivity contribution in [1.29, 1.82) is 0 Å². The molecule has 26 heavy (non-hydrogen) atoms. The normalized spacial score (nSPS) is 16.7. The van der Waals surface area contributed by atoms with E-state index in [1.165, 1.54) is 30.0 Å². The fraction of sp³-hybridized carbons (Fsp3) is 0.278. The molecule has 138 valence electrons. The molecule has 0 saturated heterocycles. The molecule has 0 aromatic heterocycles. The Morgan fingerprint density at radius 3 is 2.73 bits per heavy atom. The molecule has 1 aliphatic rings. The van der Waals surface area contributed by atoms with Gasteiger partial charge in [-0.05, 0) is 35.7 Å². The fourth-order valence-corrected chi connectivity index (χ4v) is 3.93. The van der Waals surface area contributed by atoms with Crippen LogP contribution in [0.1, 0.15) is 29.2 Å². The van der Waals surface area contributed by atoms with Crippen molar-refractivity contribution < 1.29 is 22.4 Å². The number of nitrogens with one attached hydrogen (secondary N) is 2. The lowest BCUT2D eigenvalue weighted by molar-refractivity contribution is -0.137. The molecule has 0 aliphatic carbocycles. The van der Waals surface area contributed by atoms with E-state index in [1.807, 2.05) is 0 Å². The standard InChI is InChI=1S/C18H16F4N2OS/c19-14-6-2-5-13-15(7-8-26-16(13)14)24-17(25)23-10-11-3-1-4-12(9-11)18(20,21)22/h1-6,9,15H,7-8,10H2,(H2,23,24,25)/t15-/m0/s1. The van der Waals surface area contributed by atoms with Gasteiger partial charge in [-0.1, -0.05) is 24.3 Å². The molecule has 1 aliphatic heterocycles. The summed E-state index contributed by atoms with van der Waals surface area (Å²) >= 11 is 1.41. The quantitative estimate of drug-likeness (QED) is 0.741. The van der Waals surface area contributed by atoms with Crippen LogP contribution < -0.4 is 10.6 Å². The Morgan fingerprint density at radius 2 is 1.96 bits per heavy atom. The third-order valence-corrected chi connectivity index (χ3v) is 5.20. The van der Waals surface area contributed by atoms with Gasteiger partial charge in [0.15, 0.2) is 0 Å². The van der Waals surface area contributed by atoms with Crippen LogP contribution >= 0.6 is 11.8 Å². The fourth-order valence-electron chi connectivity index (χ4n) is 2.79. The number of fused-ring (bicyclic) bond motifs is 1. The van der Waals surface area contributed by atoms with Gasteiger partial charge in [-0.25, -0.2) is 9.18 Å². The molecule has 2 aromatic rings. The zero-order valence-corrected chi connectivity index (χ0v) is 14.4. The summed E-state index contributed by atoms with van der Waals surface area (Å²) in [5.41, 5.74) is 0.307. The summed E-state index contributed by atoms with van der Waals surface area (Å²) in [5, 5.41) is 5.32. The summed E-state index contributed by atoms with van der Waals surface area (Å²) < 4.78 is 52.0. The number of benzene rings is 2. The molecule has 1 atom stereocenters. The van der Waals surface area contributed by atoms with Crippen LogP contribution in [0.15, 0.2) is 47.4 Å². The Morgan fingerprint density at radius 1 is 1.19 bits per heavy atom. The number of amides is 2. The number of hydrogen-bond donors (Lipinski definition) is 2. The molecule has 0 saturated carbocycles. The molecule has 2 N–H and O–H groups in total. The molecule has 0 fully saturated rings. The SMILES string of the molecule is O=C(NCc1cccc(C(F)(F)F)c1)N[C@H]1CCSc2c(F)cccc21. The summed E-state index contributed by atoms with van der Waals surface area (Å²) in [6, 6.07) is 8.70. The maximum absolute atomic E-state index is 13.8. The largest absolute Gasteiger partial charge is 0.416 e. The summed E-state index contributed by atoms with van der Waals surface area (Å²) in [4.78, 5) is 12.6. The van der Waals surface area contributed by atoms with Crippen molar-refractivity contribution in [3.05, 3.63) is 65.0 Å². The first-order chi connectivity index (χ1) is 12.3. The van der Waals surface area contributed by atoms with Crippen LogP contribution in [0.4, 0.5) is 22.4 Å². The number of hydrogen-bond acceptors (Lipinski definition) is 2. The zero-order valence-electron chi connectivity index (χ0n) is 13.6. The van der Waals surface area contributed by atoms with Gasteiger partial charge >= 0.3 is 12.2 Å². The number of halogens is 4. The van der Waals surface area contributed by atoms with Gasteiger partial charge in [-0.15, -0.1) is 11.8 Å². The maximum atomic E-state index is 13.8. The number of carbonyl (C=O) groups excluding carboxylic acids is 1. The average Bonchev–Trinajstić information content (AvgIpc) is 2.60. The zero-order chi connectivity index (χ0) is 18.7. The van der Waals surface area contributed by atoms with E-state index in [1.54, 1.807) is 12.1 Å². The molecule has 0 spiro atoms. The van der Waals surface area contributed by atoms with Gasteiger partial charge < -0.3 is 10.6 Å². The molecule has 0 radical (unpaired) electrons.